The zero-order chi connectivity index (χ0) is 16.7. The molecule has 0 aromatic carbocycles. The topological polar surface area (TPSA) is 74.2 Å². The molecule has 134 valence electrons. The summed E-state index contributed by atoms with van der Waals surface area (Å²) >= 11 is 0. The molecule has 0 amide bonds. The normalized spacial score (nSPS) is 15.1. The van der Waals surface area contributed by atoms with E-state index in [2.05, 4.69) is 43.1 Å². The highest BCUT2D eigenvalue weighted by Crippen LogP contribution is 2.27. The lowest BCUT2D eigenvalue weighted by Gasteiger charge is -2.17. The maximum atomic E-state index is 12.5. The van der Waals surface area contributed by atoms with Gasteiger partial charge >= 0.3 is 6.18 Å². The third kappa shape index (κ3) is 6.49. The van der Waals surface area contributed by atoms with Gasteiger partial charge in [-0.25, -0.2) is 9.97 Å². The van der Waals surface area contributed by atoms with Crippen molar-refractivity contribution >= 4 is 35.9 Å². The van der Waals surface area contributed by atoms with Gasteiger partial charge in [0, 0.05) is 32.4 Å². The first kappa shape index (κ1) is 20.5. The molecule has 3 N–H and O–H groups in total. The van der Waals surface area contributed by atoms with Gasteiger partial charge in [-0.3, -0.25) is 4.99 Å². The Bertz CT molecular complexity index is 568. The second-order valence-electron chi connectivity index (χ2n) is 4.97. The van der Waals surface area contributed by atoms with Crippen molar-refractivity contribution in [2.75, 3.05) is 25.5 Å². The number of hydrogen-bond acceptors (Lipinski definition) is 4. The number of nitrogens with one attached hydrogen (secondary N) is 3. The number of aliphatic imine (C=N–C) groups is 1. The van der Waals surface area contributed by atoms with E-state index in [1.165, 1.54) is 0 Å². The van der Waals surface area contributed by atoms with Gasteiger partial charge in [-0.1, -0.05) is 12.2 Å². The van der Waals surface area contributed by atoms with E-state index in [4.69, 9.17) is 0 Å². The zero-order valence-electron chi connectivity index (χ0n) is 13.1. The molecule has 10 heteroatoms. The van der Waals surface area contributed by atoms with Crippen molar-refractivity contribution in [1.29, 1.82) is 0 Å². The fraction of sp³-hybridized carbons (Fsp3) is 0.500. The van der Waals surface area contributed by atoms with E-state index >= 15 is 0 Å². The summed E-state index contributed by atoms with van der Waals surface area (Å²) in [6.07, 6.45) is 2.74. The number of hydrogen-bond donors (Lipinski definition) is 3. The maximum absolute atomic E-state index is 12.5. The third-order valence-corrected chi connectivity index (χ3v) is 3.22. The first-order valence-electron chi connectivity index (χ1n) is 7.25. The van der Waals surface area contributed by atoms with E-state index in [1.807, 2.05) is 0 Å². The molecule has 0 unspecified atom stereocenters. The average Bonchev–Trinajstić information content (AvgIpc) is 3.03. The Labute approximate surface area is 155 Å². The Morgan fingerprint density at radius 3 is 2.62 bits per heavy atom. The van der Waals surface area contributed by atoms with Gasteiger partial charge in [0.2, 0.25) is 5.95 Å². The van der Waals surface area contributed by atoms with Crippen LogP contribution in [0.2, 0.25) is 0 Å². The number of anilines is 1. The first-order valence-corrected chi connectivity index (χ1v) is 7.25. The van der Waals surface area contributed by atoms with Gasteiger partial charge in [-0.05, 0) is 18.9 Å². The molecule has 0 aliphatic heterocycles. The van der Waals surface area contributed by atoms with Crippen LogP contribution >= 0.6 is 24.0 Å². The number of aromatic nitrogens is 2. The lowest BCUT2D eigenvalue weighted by molar-refractivity contribution is -0.141. The van der Waals surface area contributed by atoms with Gasteiger partial charge in [0.15, 0.2) is 5.96 Å². The van der Waals surface area contributed by atoms with Crippen LogP contribution in [0, 0.1) is 0 Å². The Morgan fingerprint density at radius 1 is 1.29 bits per heavy atom. The lowest BCUT2D eigenvalue weighted by Crippen LogP contribution is -2.43. The van der Waals surface area contributed by atoms with Crippen LogP contribution < -0.4 is 16.0 Å². The highest BCUT2D eigenvalue weighted by Gasteiger charge is 2.32. The smallest absolute Gasteiger partial charge is 0.355 e. The summed E-state index contributed by atoms with van der Waals surface area (Å²) in [4.78, 5) is 11.3. The van der Waals surface area contributed by atoms with Gasteiger partial charge in [0.05, 0.1) is 0 Å². The molecule has 1 aromatic heterocycles. The van der Waals surface area contributed by atoms with Gasteiger partial charge in [-0.15, -0.1) is 24.0 Å². The predicted octanol–water partition coefficient (Wildman–Crippen LogP) is 2.41. The van der Waals surface area contributed by atoms with Crippen molar-refractivity contribution in [2.24, 2.45) is 4.99 Å². The standard InChI is InChI=1S/C14H19F3N6.HI/c1-18-12(22-10-4-2-3-5-10)20-8-9-21-13-19-7-6-11(23-13)14(15,16)17;/h2-3,6-7,10H,4-5,8-9H2,1H3,(H2,18,20,22)(H,19,21,23);1H. The van der Waals surface area contributed by atoms with Crippen LogP contribution in [-0.4, -0.2) is 42.1 Å². The van der Waals surface area contributed by atoms with E-state index < -0.39 is 11.9 Å². The summed E-state index contributed by atoms with van der Waals surface area (Å²) < 4.78 is 37.6. The first-order chi connectivity index (χ1) is 11.0. The summed E-state index contributed by atoms with van der Waals surface area (Å²) in [6, 6.07) is 1.17. The molecular weight excluding hydrogens is 436 g/mol. The molecule has 0 atom stereocenters. The summed E-state index contributed by atoms with van der Waals surface area (Å²) in [5.41, 5.74) is -0.964. The Hall–Kier alpha value is -1.59. The molecule has 1 heterocycles. The quantitative estimate of drug-likeness (QED) is 0.209. The Morgan fingerprint density at radius 2 is 2.00 bits per heavy atom. The molecule has 0 saturated heterocycles. The molecule has 0 radical (unpaired) electrons. The fourth-order valence-electron chi connectivity index (χ4n) is 2.08. The summed E-state index contributed by atoms with van der Waals surface area (Å²) in [7, 11) is 1.67. The van der Waals surface area contributed by atoms with Crippen LogP contribution in [0.1, 0.15) is 18.5 Å². The Kier molecular flexibility index (Phi) is 8.22. The van der Waals surface area contributed by atoms with Crippen LogP contribution in [-0.2, 0) is 6.18 Å². The SMILES string of the molecule is CN=C(NCCNc1nccc(C(F)(F)F)n1)NC1CC=CC1.I. The monoisotopic (exact) mass is 456 g/mol. The molecule has 6 nitrogen and oxygen atoms in total. The third-order valence-electron chi connectivity index (χ3n) is 3.22. The Balaban J connectivity index is 0.00000288. The van der Waals surface area contributed by atoms with Crippen molar-refractivity contribution in [1.82, 2.24) is 20.6 Å². The van der Waals surface area contributed by atoms with E-state index in [9.17, 15) is 13.2 Å². The van der Waals surface area contributed by atoms with Crippen molar-refractivity contribution in [3.05, 3.63) is 30.1 Å². The summed E-state index contributed by atoms with van der Waals surface area (Å²) in [5.74, 6) is 0.607. The van der Waals surface area contributed by atoms with Crippen LogP contribution in [0.4, 0.5) is 19.1 Å². The molecule has 0 spiro atoms. The molecule has 1 aromatic rings. The predicted molar refractivity (Wildman–Crippen MR) is 97.6 cm³/mol. The van der Waals surface area contributed by atoms with E-state index in [0.717, 1.165) is 25.1 Å². The second-order valence-corrected chi connectivity index (χ2v) is 4.97. The van der Waals surface area contributed by atoms with E-state index in [1.54, 1.807) is 7.05 Å². The molecule has 0 saturated carbocycles. The molecule has 0 bridgehead atoms. The fourth-order valence-corrected chi connectivity index (χ4v) is 2.08. The van der Waals surface area contributed by atoms with Crippen LogP contribution in [0.25, 0.3) is 0 Å². The molecule has 2 rings (SSSR count). The van der Waals surface area contributed by atoms with Crippen LogP contribution in [0.15, 0.2) is 29.4 Å². The van der Waals surface area contributed by atoms with Gasteiger partial charge in [0.1, 0.15) is 5.69 Å². The maximum Gasteiger partial charge on any atom is 0.433 e. The summed E-state index contributed by atoms with van der Waals surface area (Å²) in [6.45, 7) is 0.838. The number of halogens is 4. The lowest BCUT2D eigenvalue weighted by atomic mass is 10.2. The van der Waals surface area contributed by atoms with Crippen molar-refractivity contribution in [3.63, 3.8) is 0 Å². The minimum Gasteiger partial charge on any atom is -0.355 e. The van der Waals surface area contributed by atoms with Gasteiger partial charge in [0.25, 0.3) is 0 Å². The molecule has 0 fully saturated rings. The molecule has 24 heavy (non-hydrogen) atoms. The molecular formula is C14H20F3IN6. The van der Waals surface area contributed by atoms with Crippen molar-refractivity contribution < 1.29 is 13.2 Å². The highest BCUT2D eigenvalue weighted by molar-refractivity contribution is 14.0. The number of guanidine groups is 1. The van der Waals surface area contributed by atoms with Crippen LogP contribution in [0.3, 0.4) is 0 Å². The van der Waals surface area contributed by atoms with Gasteiger partial charge in [-0.2, -0.15) is 13.2 Å². The van der Waals surface area contributed by atoms with Gasteiger partial charge < -0.3 is 16.0 Å². The van der Waals surface area contributed by atoms with Crippen molar-refractivity contribution in [3.8, 4) is 0 Å². The minimum atomic E-state index is -4.47. The van der Waals surface area contributed by atoms with E-state index in [0.29, 0.717) is 25.1 Å². The average molecular weight is 456 g/mol. The number of rotatable bonds is 5. The van der Waals surface area contributed by atoms with Crippen LogP contribution in [0.5, 0.6) is 0 Å². The number of nitrogens with zero attached hydrogens (tertiary/aromatic N) is 3. The highest BCUT2D eigenvalue weighted by atomic mass is 127. The molecule has 1 aliphatic carbocycles. The molecule has 1 aliphatic rings. The summed E-state index contributed by atoms with van der Waals surface area (Å²) in [5, 5.41) is 9.09. The van der Waals surface area contributed by atoms with E-state index in [-0.39, 0.29) is 29.9 Å². The zero-order valence-corrected chi connectivity index (χ0v) is 15.4. The minimum absolute atomic E-state index is 0. The number of alkyl halides is 3. The largest absolute Gasteiger partial charge is 0.433 e. The second kappa shape index (κ2) is 9.64. The van der Waals surface area contributed by atoms with Crippen molar-refractivity contribution in [2.45, 2.75) is 25.1 Å².